The Hall–Kier alpha value is -2.18. The molecule has 0 N–H and O–H groups in total. The van der Waals surface area contributed by atoms with Crippen LogP contribution in [0.2, 0.25) is 0 Å². The van der Waals surface area contributed by atoms with Crippen molar-refractivity contribution in [1.82, 2.24) is 0 Å². The van der Waals surface area contributed by atoms with Crippen LogP contribution in [-0.2, 0) is 16.0 Å². The van der Waals surface area contributed by atoms with E-state index in [0.717, 1.165) is 11.6 Å². The van der Waals surface area contributed by atoms with Gasteiger partial charge in [-0.05, 0) is 37.1 Å². The topological polar surface area (TPSA) is 44.8 Å². The number of fused-ring (bicyclic) bond motifs is 1. The van der Waals surface area contributed by atoms with Gasteiger partial charge < -0.3 is 14.2 Å². The number of hydrogen-bond acceptors (Lipinski definition) is 4. The molecule has 1 aromatic carbocycles. The van der Waals surface area contributed by atoms with Crippen molar-refractivity contribution in [1.29, 1.82) is 0 Å². The van der Waals surface area contributed by atoms with Crippen molar-refractivity contribution in [2.75, 3.05) is 13.7 Å². The molecular formula is C16H17F3O4. The van der Waals surface area contributed by atoms with Crippen molar-refractivity contribution in [3.8, 4) is 11.5 Å². The van der Waals surface area contributed by atoms with E-state index < -0.39 is 23.8 Å². The second-order valence-corrected chi connectivity index (χ2v) is 4.93. The number of esters is 1. The lowest BCUT2D eigenvalue weighted by Gasteiger charge is -2.29. The van der Waals surface area contributed by atoms with Crippen molar-refractivity contribution < 1.29 is 32.2 Å². The summed E-state index contributed by atoms with van der Waals surface area (Å²) in [6.07, 6.45) is -5.30. The fourth-order valence-corrected chi connectivity index (χ4v) is 2.32. The number of rotatable bonds is 4. The summed E-state index contributed by atoms with van der Waals surface area (Å²) in [4.78, 5) is 11.9. The van der Waals surface area contributed by atoms with E-state index in [1.54, 1.807) is 12.1 Å². The van der Waals surface area contributed by atoms with E-state index in [1.807, 2.05) is 6.92 Å². The van der Waals surface area contributed by atoms with Gasteiger partial charge in [0, 0.05) is 5.56 Å². The number of methoxy groups -OCH3 is 1. The summed E-state index contributed by atoms with van der Waals surface area (Å²) < 4.78 is 54.7. The zero-order valence-electron chi connectivity index (χ0n) is 13.0. The third-order valence-electron chi connectivity index (χ3n) is 3.41. The van der Waals surface area contributed by atoms with Crippen molar-refractivity contribution in [2.45, 2.75) is 32.5 Å². The fourth-order valence-electron chi connectivity index (χ4n) is 2.32. The number of hydrogen-bond donors (Lipinski definition) is 0. The smallest absolute Gasteiger partial charge is 0.430 e. The first-order chi connectivity index (χ1) is 10.8. The minimum absolute atomic E-state index is 0.0219. The van der Waals surface area contributed by atoms with Gasteiger partial charge in [-0.15, -0.1) is 0 Å². The number of halogens is 3. The Balaban J connectivity index is 2.59. The molecule has 0 saturated heterocycles. The third-order valence-corrected chi connectivity index (χ3v) is 3.41. The Morgan fingerprint density at radius 1 is 1.30 bits per heavy atom. The fraction of sp³-hybridized carbons (Fsp3) is 0.438. The highest BCUT2D eigenvalue weighted by Gasteiger charge is 2.49. The quantitative estimate of drug-likeness (QED) is 0.792. The molecule has 2 rings (SSSR count). The lowest BCUT2D eigenvalue weighted by molar-refractivity contribution is -0.188. The third kappa shape index (κ3) is 3.43. The van der Waals surface area contributed by atoms with Crippen LogP contribution >= 0.6 is 0 Å². The number of benzene rings is 1. The monoisotopic (exact) mass is 330 g/mol. The van der Waals surface area contributed by atoms with Gasteiger partial charge in [0.05, 0.1) is 19.3 Å². The van der Waals surface area contributed by atoms with Crippen LogP contribution in [0.25, 0.3) is 6.08 Å². The molecule has 1 aliphatic rings. The molecular weight excluding hydrogens is 313 g/mol. The van der Waals surface area contributed by atoms with Gasteiger partial charge in [0.25, 0.3) is 0 Å². The maximum absolute atomic E-state index is 13.3. The number of ether oxygens (including phenoxy) is 3. The van der Waals surface area contributed by atoms with Crippen LogP contribution in [0, 0.1) is 0 Å². The van der Waals surface area contributed by atoms with Gasteiger partial charge in [-0.1, -0.05) is 6.92 Å². The molecule has 0 amide bonds. The first-order valence-corrected chi connectivity index (χ1v) is 7.14. The van der Waals surface area contributed by atoms with Crippen LogP contribution in [0.5, 0.6) is 11.5 Å². The average molecular weight is 330 g/mol. The zero-order chi connectivity index (χ0) is 17.2. The van der Waals surface area contributed by atoms with Crippen LogP contribution in [0.4, 0.5) is 13.2 Å². The van der Waals surface area contributed by atoms with Gasteiger partial charge in [-0.3, -0.25) is 0 Å². The maximum atomic E-state index is 13.3. The predicted octanol–water partition coefficient (Wildman–Crippen LogP) is 3.53. The molecule has 0 aromatic heterocycles. The van der Waals surface area contributed by atoms with E-state index >= 15 is 0 Å². The number of aryl methyl sites for hydroxylation is 1. The summed E-state index contributed by atoms with van der Waals surface area (Å²) >= 11 is 0. The summed E-state index contributed by atoms with van der Waals surface area (Å²) in [5.74, 6) is -0.867. The van der Waals surface area contributed by atoms with Gasteiger partial charge in [0.15, 0.2) is 11.5 Å². The van der Waals surface area contributed by atoms with Crippen molar-refractivity contribution in [3.63, 3.8) is 0 Å². The first-order valence-electron chi connectivity index (χ1n) is 7.14. The van der Waals surface area contributed by atoms with E-state index in [9.17, 15) is 18.0 Å². The van der Waals surface area contributed by atoms with Crippen LogP contribution < -0.4 is 9.47 Å². The van der Waals surface area contributed by atoms with E-state index in [-0.39, 0.29) is 18.1 Å². The van der Waals surface area contributed by atoms with Crippen LogP contribution in [-0.4, -0.2) is 32.0 Å². The highest BCUT2D eigenvalue weighted by atomic mass is 19.4. The minimum Gasteiger partial charge on any atom is -0.493 e. The molecule has 1 heterocycles. The molecule has 0 fully saturated rings. The van der Waals surface area contributed by atoms with Gasteiger partial charge in [0.1, 0.15) is 0 Å². The number of carbonyl (C=O) groups excluding carboxylic acids is 1. The minimum atomic E-state index is -4.75. The lowest BCUT2D eigenvalue weighted by Crippen LogP contribution is -2.40. The Morgan fingerprint density at radius 3 is 2.52 bits per heavy atom. The van der Waals surface area contributed by atoms with E-state index in [4.69, 9.17) is 14.2 Å². The van der Waals surface area contributed by atoms with E-state index in [1.165, 1.54) is 14.0 Å². The normalized spacial score (nSPS) is 17.0. The highest BCUT2D eigenvalue weighted by Crippen LogP contribution is 2.43. The second kappa shape index (κ2) is 6.52. The highest BCUT2D eigenvalue weighted by molar-refractivity contribution is 5.96. The molecule has 7 heteroatoms. The predicted molar refractivity (Wildman–Crippen MR) is 77.5 cm³/mol. The summed E-state index contributed by atoms with van der Waals surface area (Å²) in [5.41, 5.74) is 0.654. The maximum Gasteiger partial charge on any atom is 0.430 e. The van der Waals surface area contributed by atoms with Gasteiger partial charge in [-0.25, -0.2) is 4.79 Å². The van der Waals surface area contributed by atoms with Crippen molar-refractivity contribution in [2.24, 2.45) is 0 Å². The molecule has 0 radical (unpaired) electrons. The van der Waals surface area contributed by atoms with Crippen molar-refractivity contribution >= 4 is 12.0 Å². The van der Waals surface area contributed by atoms with Crippen LogP contribution in [0.3, 0.4) is 0 Å². The molecule has 23 heavy (non-hydrogen) atoms. The summed E-state index contributed by atoms with van der Waals surface area (Å²) in [5, 5.41) is 0. The Kier molecular flexibility index (Phi) is 4.87. The van der Waals surface area contributed by atoms with Crippen LogP contribution in [0.1, 0.15) is 25.0 Å². The molecule has 1 atom stereocenters. The standard InChI is InChI=1S/C16H17F3O4/c1-4-9-6-10-8-11(15(20)22-5-2)14(16(17,18)19)23-13(10)12(7-9)21-3/h6-8,14H,4-5H2,1-3H3. The number of carbonyl (C=O) groups is 1. The molecule has 0 aliphatic carbocycles. The number of alkyl halides is 3. The Bertz CT molecular complexity index is 635. The largest absolute Gasteiger partial charge is 0.493 e. The van der Waals surface area contributed by atoms with Crippen molar-refractivity contribution in [3.05, 3.63) is 28.8 Å². The van der Waals surface area contributed by atoms with Crippen LogP contribution in [0.15, 0.2) is 17.7 Å². The zero-order valence-corrected chi connectivity index (χ0v) is 13.0. The molecule has 4 nitrogen and oxygen atoms in total. The van der Waals surface area contributed by atoms with Gasteiger partial charge in [0.2, 0.25) is 6.10 Å². The molecule has 126 valence electrons. The second-order valence-electron chi connectivity index (χ2n) is 4.93. The molecule has 1 unspecified atom stereocenters. The lowest BCUT2D eigenvalue weighted by atomic mass is 9.98. The Morgan fingerprint density at radius 2 is 2.00 bits per heavy atom. The molecule has 1 aliphatic heterocycles. The molecule has 0 spiro atoms. The van der Waals surface area contributed by atoms with E-state index in [2.05, 4.69) is 0 Å². The molecule has 0 saturated carbocycles. The van der Waals surface area contributed by atoms with Gasteiger partial charge in [-0.2, -0.15) is 13.2 Å². The molecule has 0 bridgehead atoms. The molecule has 1 aromatic rings. The first kappa shape index (κ1) is 17.2. The summed E-state index contributed by atoms with van der Waals surface area (Å²) in [6, 6.07) is 3.29. The Labute approximate surface area is 131 Å². The van der Waals surface area contributed by atoms with E-state index in [0.29, 0.717) is 12.0 Å². The summed E-state index contributed by atoms with van der Waals surface area (Å²) in [7, 11) is 1.35. The average Bonchev–Trinajstić information content (AvgIpc) is 2.51. The summed E-state index contributed by atoms with van der Waals surface area (Å²) in [6.45, 7) is 3.40. The van der Waals surface area contributed by atoms with Gasteiger partial charge >= 0.3 is 12.1 Å². The SMILES string of the molecule is CCOC(=O)C1=Cc2cc(CC)cc(OC)c2OC1C(F)(F)F.